The fourth-order valence-electron chi connectivity index (χ4n) is 9.07. The number of carbonyl (C=O) groups is 3. The van der Waals surface area contributed by atoms with Crippen LogP contribution >= 0.6 is 11.6 Å². The third-order valence-electron chi connectivity index (χ3n) is 13.2. The van der Waals surface area contributed by atoms with Gasteiger partial charge in [-0.05, 0) is 111 Å². The van der Waals surface area contributed by atoms with Crippen molar-refractivity contribution in [1.82, 2.24) is 39.1 Å². The molecule has 75 heavy (non-hydrogen) atoms. The number of carbonyl (C=O) groups excluding carboxylic acids is 3. The second kappa shape index (κ2) is 21.5. The summed E-state index contributed by atoms with van der Waals surface area (Å²) < 4.78 is 158. The lowest BCUT2D eigenvalue weighted by Crippen LogP contribution is -2.23. The van der Waals surface area contributed by atoms with Gasteiger partial charge in [0.25, 0.3) is 0 Å². The first-order chi connectivity index (χ1) is 35.2. The predicted molar refractivity (Wildman–Crippen MR) is 248 cm³/mol. The molecule has 6 aromatic rings. The van der Waals surface area contributed by atoms with Gasteiger partial charge in [-0.1, -0.05) is 48.0 Å². The maximum Gasteiger partial charge on any atom is 0.436 e. The van der Waals surface area contributed by atoms with Gasteiger partial charge < -0.3 is 9.80 Å². The first kappa shape index (κ1) is 54.6. The molecule has 400 valence electrons. The summed E-state index contributed by atoms with van der Waals surface area (Å²) in [6, 6.07) is 20.9. The topological polar surface area (TPSA) is 111 Å². The molecular formula is C51H47ClF12N8O3. The Morgan fingerprint density at radius 3 is 1.41 bits per heavy atom. The van der Waals surface area contributed by atoms with E-state index in [1.54, 1.807) is 34.1 Å². The molecule has 3 aromatic carbocycles. The van der Waals surface area contributed by atoms with Crippen LogP contribution in [0.4, 0.5) is 52.7 Å². The molecule has 0 N–H and O–H groups in total. The van der Waals surface area contributed by atoms with Gasteiger partial charge in [0.15, 0.2) is 17.1 Å². The number of likely N-dealkylation sites (tertiary alicyclic amines) is 2. The minimum Gasteiger partial charge on any atom is -0.338 e. The smallest absolute Gasteiger partial charge is 0.338 e. The fourth-order valence-corrected chi connectivity index (χ4v) is 9.30. The van der Waals surface area contributed by atoms with E-state index in [9.17, 15) is 67.1 Å². The number of nitrogens with zero attached hydrogens (tertiary/aromatic N) is 8. The normalized spacial score (nSPS) is 17.4. The van der Waals surface area contributed by atoms with Gasteiger partial charge in [0.1, 0.15) is 11.5 Å². The Morgan fingerprint density at radius 1 is 0.533 bits per heavy atom. The molecule has 2 saturated heterocycles. The van der Waals surface area contributed by atoms with Crippen molar-refractivity contribution in [2.24, 2.45) is 5.92 Å². The molecule has 11 nitrogen and oxygen atoms in total. The largest absolute Gasteiger partial charge is 0.436 e. The third kappa shape index (κ3) is 13.1. The second-order valence-electron chi connectivity index (χ2n) is 18.7. The van der Waals surface area contributed by atoms with E-state index < -0.39 is 47.5 Å². The number of alkyl halides is 12. The van der Waals surface area contributed by atoms with Crippen molar-refractivity contribution in [2.45, 2.75) is 115 Å². The van der Waals surface area contributed by atoms with Crippen LogP contribution in [0.25, 0.3) is 17.1 Å². The Bertz CT molecular complexity index is 3010. The number of rotatable bonds is 10. The highest BCUT2D eigenvalue weighted by atomic mass is 35.5. The highest BCUT2D eigenvalue weighted by molar-refractivity contribution is 6.32. The molecule has 1 atom stereocenters. The lowest BCUT2D eigenvalue weighted by atomic mass is 9.97. The highest BCUT2D eigenvalue weighted by Crippen LogP contribution is 2.43. The van der Waals surface area contributed by atoms with Crippen LogP contribution in [-0.2, 0) is 58.6 Å². The molecule has 0 bridgehead atoms. The van der Waals surface area contributed by atoms with Gasteiger partial charge in [0.05, 0.1) is 27.8 Å². The van der Waals surface area contributed by atoms with Crippen LogP contribution in [-0.4, -0.2) is 69.8 Å². The third-order valence-corrected chi connectivity index (χ3v) is 13.6. The maximum atomic E-state index is 13.1. The molecule has 4 fully saturated rings. The van der Waals surface area contributed by atoms with E-state index in [4.69, 9.17) is 11.6 Å². The number of halogens is 13. The van der Waals surface area contributed by atoms with E-state index >= 15 is 0 Å². The molecule has 0 radical (unpaired) electrons. The Kier molecular flexibility index (Phi) is 15.7. The minimum atomic E-state index is -4.99. The summed E-state index contributed by atoms with van der Waals surface area (Å²) in [6.07, 6.45) is -11.4. The first-order valence-electron chi connectivity index (χ1n) is 23.8. The number of Topliss-reactive ketones (excluding diaryl/α,β-unsaturated/α-hetero) is 1. The van der Waals surface area contributed by atoms with E-state index in [0.717, 1.165) is 62.3 Å². The first-order valence-corrected chi connectivity index (χ1v) is 24.2. The molecule has 0 spiro atoms. The minimum absolute atomic E-state index is 0.00432. The summed E-state index contributed by atoms with van der Waals surface area (Å²) in [6.45, 7) is 3.71. The zero-order valence-corrected chi connectivity index (χ0v) is 40.6. The van der Waals surface area contributed by atoms with Gasteiger partial charge in [-0.15, -0.1) is 0 Å². The van der Waals surface area contributed by atoms with Crippen LogP contribution < -0.4 is 0 Å². The number of amides is 2. The van der Waals surface area contributed by atoms with Crippen molar-refractivity contribution in [1.29, 1.82) is 0 Å². The van der Waals surface area contributed by atoms with E-state index in [0.29, 0.717) is 73.7 Å². The lowest BCUT2D eigenvalue weighted by molar-refractivity contribution is -0.144. The van der Waals surface area contributed by atoms with Crippen LogP contribution in [0.3, 0.4) is 0 Å². The average Bonchev–Trinajstić information content (AvgIpc) is 3.93. The number of ketones is 1. The van der Waals surface area contributed by atoms with E-state index in [2.05, 4.69) is 15.3 Å². The maximum absolute atomic E-state index is 13.1. The van der Waals surface area contributed by atoms with Crippen LogP contribution in [0.5, 0.6) is 0 Å². The van der Waals surface area contributed by atoms with Crippen LogP contribution in [0.1, 0.15) is 115 Å². The molecule has 3 aromatic heterocycles. The fraction of sp³-hybridized carbons (Fsp3) is 0.412. The molecule has 2 saturated carbocycles. The summed E-state index contributed by atoms with van der Waals surface area (Å²) in [5.41, 5.74) is -0.587. The summed E-state index contributed by atoms with van der Waals surface area (Å²) in [5.74, 6) is 0.667. The summed E-state index contributed by atoms with van der Waals surface area (Å²) >= 11 is 5.77. The Morgan fingerprint density at radius 2 is 1.00 bits per heavy atom. The van der Waals surface area contributed by atoms with Gasteiger partial charge >= 0.3 is 24.7 Å². The quantitative estimate of drug-likeness (QED) is 0.126. The second-order valence-corrected chi connectivity index (χ2v) is 19.1. The van der Waals surface area contributed by atoms with Crippen LogP contribution in [0, 0.1) is 12.8 Å². The number of benzene rings is 3. The molecule has 24 heteroatoms. The van der Waals surface area contributed by atoms with Crippen LogP contribution in [0.15, 0.2) is 84.9 Å². The highest BCUT2D eigenvalue weighted by Gasteiger charge is 2.43. The molecular weight excluding hydrogens is 1040 g/mol. The van der Waals surface area contributed by atoms with Gasteiger partial charge in [0, 0.05) is 69.0 Å². The van der Waals surface area contributed by atoms with E-state index in [1.165, 1.54) is 40.6 Å². The van der Waals surface area contributed by atoms with Crippen molar-refractivity contribution in [3.63, 3.8) is 0 Å². The number of hydrogen-bond acceptors (Lipinski definition) is 6. The Balaban J connectivity index is 0.000000150. The predicted octanol–water partition coefficient (Wildman–Crippen LogP) is 12.7. The number of aromatic nitrogens is 6. The SMILES string of the molecule is Cc1c(Cl)c(C(F)(F)F)nn1-c1ccc(CC2CCCC2=O)cc1.O=C1CCCN1Cc1ccc(-n2nc(C(F)(F)F)cc2C(F)(F)F)cc1.O=C1CCCN1Cc1ccc(-n2nc(C(F)(F)F)cc2C2CC2)cc1. The zero-order chi connectivity index (χ0) is 54.2. The van der Waals surface area contributed by atoms with E-state index in [1.807, 2.05) is 24.3 Å². The number of hydrogen-bond donors (Lipinski definition) is 0. The van der Waals surface area contributed by atoms with Gasteiger partial charge in [-0.2, -0.15) is 68.0 Å². The summed E-state index contributed by atoms with van der Waals surface area (Å²) in [7, 11) is 0. The molecule has 4 aliphatic rings. The Hall–Kier alpha value is -6.65. The molecule has 2 aliphatic carbocycles. The molecule has 1 unspecified atom stereocenters. The Labute approximate surface area is 426 Å². The van der Waals surface area contributed by atoms with Gasteiger partial charge in [-0.25, -0.2) is 14.0 Å². The van der Waals surface area contributed by atoms with Crippen molar-refractivity contribution in [2.75, 3.05) is 13.1 Å². The van der Waals surface area contributed by atoms with Crippen molar-refractivity contribution >= 4 is 29.2 Å². The van der Waals surface area contributed by atoms with Gasteiger partial charge in [0.2, 0.25) is 11.8 Å². The van der Waals surface area contributed by atoms with Gasteiger partial charge in [-0.3, -0.25) is 14.4 Å². The lowest BCUT2D eigenvalue weighted by Gasteiger charge is -2.16. The zero-order valence-electron chi connectivity index (χ0n) is 39.9. The molecule has 10 rings (SSSR count). The standard InChI is InChI=1S/C18H18F3N3O.C17H16ClF3N2O.C16H13F6N3O/c19-18(20,21)16-10-15(13-5-6-13)24(22-16)14-7-3-12(4-8-14)11-23-9-1-2-17(23)25;1-10-15(18)16(17(19,20)21)22-23(10)13-7-5-11(6-8-13)9-12-3-2-4-14(12)24;17-15(18,19)12-8-13(16(20,21)22)25(23-12)11-5-3-10(4-6-11)9-24-7-1-2-14(24)26/h3-4,7-8,10,13H,1-2,5-6,9,11H2;5-8,12H,2-4,9H2,1H3;3-6,8H,1-2,7,9H2. The van der Waals surface area contributed by atoms with Crippen LogP contribution in [0.2, 0.25) is 5.02 Å². The monoisotopic (exact) mass is 1080 g/mol. The summed E-state index contributed by atoms with van der Waals surface area (Å²) in [4.78, 5) is 38.4. The molecule has 2 aliphatic heterocycles. The average molecular weight is 1080 g/mol. The summed E-state index contributed by atoms with van der Waals surface area (Å²) in [5, 5.41) is 10.1. The molecule has 5 heterocycles. The van der Waals surface area contributed by atoms with Crippen molar-refractivity contribution in [3.8, 4) is 17.1 Å². The van der Waals surface area contributed by atoms with Crippen molar-refractivity contribution in [3.05, 3.63) is 141 Å². The van der Waals surface area contributed by atoms with E-state index in [-0.39, 0.29) is 50.8 Å². The van der Waals surface area contributed by atoms with Crippen molar-refractivity contribution < 1.29 is 67.1 Å². The molecule has 2 amide bonds.